The second kappa shape index (κ2) is 15.9. The first kappa shape index (κ1) is 42.4. The number of pyridine rings is 1. The first-order chi connectivity index (χ1) is 28.9. The number of aryl methyl sites for hydroxylation is 1. The predicted octanol–water partition coefficient (Wildman–Crippen LogP) is 10.4. The Morgan fingerprint density at radius 3 is 2.10 bits per heavy atom. The van der Waals surface area contributed by atoms with E-state index in [9.17, 15) is 4.79 Å². The van der Waals surface area contributed by atoms with Crippen molar-refractivity contribution in [1.29, 1.82) is 0 Å². The van der Waals surface area contributed by atoms with Crippen LogP contribution < -0.4 is 24.0 Å². The van der Waals surface area contributed by atoms with Crippen molar-refractivity contribution in [1.82, 2.24) is 19.9 Å². The van der Waals surface area contributed by atoms with Crippen molar-refractivity contribution in [3.63, 3.8) is 0 Å². The summed E-state index contributed by atoms with van der Waals surface area (Å²) >= 11 is 13.7. The maximum Gasteiger partial charge on any atom is 0.418 e. The van der Waals surface area contributed by atoms with Crippen LogP contribution in [0.4, 0.5) is 34.0 Å². The summed E-state index contributed by atoms with van der Waals surface area (Å²) < 4.78 is 86.5. The minimum Gasteiger partial charge on any atom is -0.497 e. The maximum absolute atomic E-state index is 17.5. The van der Waals surface area contributed by atoms with Gasteiger partial charge in [0.15, 0.2) is 11.6 Å². The smallest absolute Gasteiger partial charge is 0.418 e. The molecule has 11 nitrogen and oxygen atoms in total. The fourth-order valence-corrected chi connectivity index (χ4v) is 9.34. The molecular weight excluding hydrogens is 839 g/mol. The number of nitrogens with zero attached hydrogens (tertiary/aromatic N) is 6. The van der Waals surface area contributed by atoms with Crippen LogP contribution in [0.3, 0.4) is 0 Å². The molecule has 4 atom stereocenters. The Hall–Kier alpha value is -5.28. The van der Waals surface area contributed by atoms with Gasteiger partial charge < -0.3 is 28.7 Å². The Morgan fingerprint density at radius 2 is 1.54 bits per heavy atom. The van der Waals surface area contributed by atoms with Crippen LogP contribution in [0.1, 0.15) is 62.8 Å². The van der Waals surface area contributed by atoms with E-state index in [2.05, 4.69) is 15.0 Å². The van der Waals surface area contributed by atoms with Gasteiger partial charge in [0.05, 0.1) is 59.6 Å². The number of aromatic nitrogens is 3. The molecule has 2 saturated heterocycles. The average Bonchev–Trinajstić information content (AvgIpc) is 3.44. The number of hydrogen-bond acceptors (Lipinski definition) is 10. The topological polar surface area (TPSA) is 102 Å². The van der Waals surface area contributed by atoms with Crippen LogP contribution in [-0.4, -0.2) is 76.5 Å². The largest absolute Gasteiger partial charge is 0.497 e. The highest BCUT2D eigenvalue weighted by Crippen LogP contribution is 2.53. The van der Waals surface area contributed by atoms with Crippen LogP contribution in [-0.2, 0) is 24.0 Å². The third-order valence-corrected chi connectivity index (χ3v) is 11.9. The lowest BCUT2D eigenvalue weighted by molar-refractivity contribution is -0.137. The van der Waals surface area contributed by atoms with Gasteiger partial charge in [-0.05, 0) is 106 Å². The van der Waals surface area contributed by atoms with Crippen LogP contribution in [0, 0.1) is 12.7 Å². The van der Waals surface area contributed by atoms with E-state index in [0.29, 0.717) is 24.3 Å². The number of fused-ring (bicyclic) bond motifs is 5. The molecule has 5 heterocycles. The van der Waals surface area contributed by atoms with Gasteiger partial charge in [-0.3, -0.25) is 4.90 Å². The van der Waals surface area contributed by atoms with Crippen LogP contribution >= 0.6 is 23.2 Å². The van der Waals surface area contributed by atoms with Crippen LogP contribution in [0.15, 0.2) is 54.6 Å². The fraction of sp³-hybridized carbons (Fsp3) is 0.409. The Balaban J connectivity index is 1.29. The van der Waals surface area contributed by atoms with Gasteiger partial charge in [0.2, 0.25) is 5.28 Å². The van der Waals surface area contributed by atoms with Crippen molar-refractivity contribution in [2.45, 2.75) is 96.6 Å². The van der Waals surface area contributed by atoms with Gasteiger partial charge in [0, 0.05) is 19.6 Å². The lowest BCUT2D eigenvalue weighted by atomic mass is 9.97. The molecule has 0 N–H and O–H groups in total. The minimum absolute atomic E-state index is 0.0530. The Kier molecular flexibility index (Phi) is 11.0. The molecule has 3 aliphatic heterocycles. The van der Waals surface area contributed by atoms with Gasteiger partial charge in [-0.2, -0.15) is 18.2 Å². The van der Waals surface area contributed by atoms with Crippen molar-refractivity contribution < 1.29 is 41.3 Å². The molecule has 0 aliphatic carbocycles. The molecule has 1 amide bonds. The summed E-state index contributed by atoms with van der Waals surface area (Å²) in [6.07, 6.45) is -4.93. The monoisotopic (exact) mass is 882 g/mol. The van der Waals surface area contributed by atoms with E-state index >= 15 is 17.6 Å². The summed E-state index contributed by atoms with van der Waals surface area (Å²) in [5.74, 6) is 0.291. The molecule has 3 aromatic carbocycles. The number of methoxy groups -OCH3 is 2. The third kappa shape index (κ3) is 7.90. The molecule has 0 spiro atoms. The number of ether oxygens (including phenoxy) is 4. The normalized spacial score (nSPS) is 19.6. The second-order valence-electron chi connectivity index (χ2n) is 16.6. The Labute approximate surface area is 360 Å². The van der Waals surface area contributed by atoms with E-state index in [1.54, 1.807) is 76.0 Å². The molecule has 322 valence electrons. The summed E-state index contributed by atoms with van der Waals surface area (Å²) in [6, 6.07) is 14.6. The highest BCUT2D eigenvalue weighted by Gasteiger charge is 2.54. The van der Waals surface area contributed by atoms with E-state index < -0.39 is 63.7 Å². The van der Waals surface area contributed by atoms with Crippen molar-refractivity contribution >= 4 is 51.8 Å². The number of rotatable bonds is 8. The SMILES string of the molecule is COc1ccc(CN(Cc2ccc(OC)cc2)c2cc(C)c(C(F)(F)F)c(-c3c(Cl)c4c5c(nc(Cl)nc5c3F)N3C[C@H]5CC[C@@H]([C@H]3[C@H](C)O4)N5C(=O)OC(C)(C)C)n2)cc1. The number of piperazine rings is 1. The quantitative estimate of drug-likeness (QED) is 0.111. The number of carbonyl (C=O) groups excluding carboxylic acids is 1. The minimum atomic E-state index is -4.99. The Bertz CT molecular complexity index is 2450. The molecule has 0 radical (unpaired) electrons. The van der Waals surface area contributed by atoms with E-state index in [-0.39, 0.29) is 64.8 Å². The van der Waals surface area contributed by atoms with E-state index in [0.717, 1.165) is 11.1 Å². The molecule has 2 aromatic heterocycles. The summed E-state index contributed by atoms with van der Waals surface area (Å²) in [4.78, 5) is 32.5. The van der Waals surface area contributed by atoms with Crippen LogP contribution in [0.25, 0.3) is 22.2 Å². The van der Waals surface area contributed by atoms with E-state index in [4.69, 9.17) is 42.1 Å². The van der Waals surface area contributed by atoms with Crippen molar-refractivity contribution in [3.8, 4) is 28.5 Å². The lowest BCUT2D eigenvalue weighted by Gasteiger charge is -2.48. The summed E-state index contributed by atoms with van der Waals surface area (Å²) in [7, 11) is 3.10. The number of carbonyl (C=O) groups is 1. The van der Waals surface area contributed by atoms with Gasteiger partial charge >= 0.3 is 12.3 Å². The second-order valence-corrected chi connectivity index (χ2v) is 17.3. The molecule has 3 aliphatic rings. The molecule has 8 rings (SSSR count). The number of halogens is 6. The molecule has 2 fully saturated rings. The summed E-state index contributed by atoms with van der Waals surface area (Å²) in [5.41, 5.74) is -2.31. The van der Waals surface area contributed by atoms with Gasteiger partial charge in [0.1, 0.15) is 40.4 Å². The molecule has 0 saturated carbocycles. The first-order valence-corrected chi connectivity index (χ1v) is 20.5. The van der Waals surface area contributed by atoms with Crippen molar-refractivity contribution in [3.05, 3.63) is 93.0 Å². The summed E-state index contributed by atoms with van der Waals surface area (Å²) in [6.45, 7) is 9.14. The highest BCUT2D eigenvalue weighted by atomic mass is 35.5. The molecule has 5 aromatic rings. The molecule has 2 bridgehead atoms. The van der Waals surface area contributed by atoms with Crippen LogP contribution in [0.5, 0.6) is 17.2 Å². The lowest BCUT2D eigenvalue weighted by Crippen LogP contribution is -2.65. The molecular formula is C44H44Cl2F4N6O5. The summed E-state index contributed by atoms with van der Waals surface area (Å²) in [5, 5.41) is -0.725. The molecule has 0 unspecified atom stereocenters. The number of amides is 1. The zero-order valence-corrected chi connectivity index (χ0v) is 36.0. The molecule has 61 heavy (non-hydrogen) atoms. The van der Waals surface area contributed by atoms with Crippen molar-refractivity contribution in [2.75, 3.05) is 30.6 Å². The number of alkyl halides is 3. The maximum atomic E-state index is 17.5. The van der Waals surface area contributed by atoms with Crippen LogP contribution in [0.2, 0.25) is 10.3 Å². The van der Waals surface area contributed by atoms with E-state index in [1.807, 2.05) is 29.2 Å². The zero-order valence-electron chi connectivity index (χ0n) is 34.5. The third-order valence-electron chi connectivity index (χ3n) is 11.4. The Morgan fingerprint density at radius 1 is 0.934 bits per heavy atom. The zero-order chi connectivity index (χ0) is 43.7. The number of anilines is 2. The predicted molar refractivity (Wildman–Crippen MR) is 224 cm³/mol. The van der Waals surface area contributed by atoms with Gasteiger partial charge in [-0.1, -0.05) is 35.9 Å². The average molecular weight is 884 g/mol. The molecule has 17 heteroatoms. The van der Waals surface area contributed by atoms with E-state index in [1.165, 1.54) is 13.0 Å². The number of benzene rings is 3. The van der Waals surface area contributed by atoms with Gasteiger partial charge in [0.25, 0.3) is 0 Å². The van der Waals surface area contributed by atoms with Gasteiger partial charge in [-0.25, -0.2) is 19.2 Å². The van der Waals surface area contributed by atoms with Gasteiger partial charge in [-0.15, -0.1) is 0 Å². The number of hydrogen-bond donors (Lipinski definition) is 0. The highest BCUT2D eigenvalue weighted by molar-refractivity contribution is 6.37. The first-order valence-electron chi connectivity index (χ1n) is 19.8. The fourth-order valence-electron chi connectivity index (χ4n) is 8.86. The van der Waals surface area contributed by atoms with Crippen molar-refractivity contribution in [2.24, 2.45) is 0 Å². The standard InChI is InChI=1S/C44H44Cl2F4N6O5/c1-22-18-30(54(19-24-8-13-27(58-6)14-9-24)20-25-10-15-28(59-7)16-11-25)51-36(33(22)44(48,49)50)31-34(45)39-32-37(35(31)47)52-41(46)53-40(32)55-21-26-12-17-29(38(55)23(2)60-39)56(26)42(57)61-43(3,4)5/h8-11,13-16,18,23,26,29,38H,12,17,19-21H2,1-7H3/t23-,26+,29-,38+/m0/s1.